The van der Waals surface area contributed by atoms with Crippen molar-refractivity contribution in [3.63, 3.8) is 0 Å². The van der Waals surface area contributed by atoms with Gasteiger partial charge in [0.2, 0.25) is 0 Å². The van der Waals surface area contributed by atoms with E-state index in [-0.39, 0.29) is 24.0 Å². The van der Waals surface area contributed by atoms with Crippen LogP contribution in [0.3, 0.4) is 0 Å². The van der Waals surface area contributed by atoms with Crippen LogP contribution in [-0.2, 0) is 6.54 Å². The highest BCUT2D eigenvalue weighted by atomic mass is 127. The number of likely N-dealkylation sites (tertiary alicyclic amines) is 2. The highest BCUT2D eigenvalue weighted by molar-refractivity contribution is 14.0. The SMILES string of the molecule is CN=C(NCC1CCN(Cc2ccc(OC)cc2)CC1)N1CCC(C)C(n2ccnc2)C1.I. The molecule has 3 heterocycles. The number of aromatic nitrogens is 2. The Morgan fingerprint density at radius 1 is 1.15 bits per heavy atom. The molecule has 0 amide bonds. The molecule has 2 saturated heterocycles. The second-order valence-corrected chi connectivity index (χ2v) is 9.28. The van der Waals surface area contributed by atoms with Crippen LogP contribution in [0, 0.1) is 11.8 Å². The van der Waals surface area contributed by atoms with E-state index in [4.69, 9.17) is 4.74 Å². The molecule has 4 rings (SSSR count). The number of rotatable bonds is 6. The van der Waals surface area contributed by atoms with Gasteiger partial charge < -0.3 is 19.5 Å². The molecule has 2 atom stereocenters. The van der Waals surface area contributed by atoms with Gasteiger partial charge in [-0.15, -0.1) is 24.0 Å². The second-order valence-electron chi connectivity index (χ2n) is 9.28. The minimum Gasteiger partial charge on any atom is -0.497 e. The average molecular weight is 567 g/mol. The number of methoxy groups -OCH3 is 1. The third kappa shape index (κ3) is 6.85. The van der Waals surface area contributed by atoms with E-state index in [1.807, 2.05) is 19.6 Å². The lowest BCUT2D eigenvalue weighted by Gasteiger charge is -2.40. The topological polar surface area (TPSA) is 57.9 Å². The molecule has 7 nitrogen and oxygen atoms in total. The van der Waals surface area contributed by atoms with Gasteiger partial charge in [-0.2, -0.15) is 0 Å². The van der Waals surface area contributed by atoms with Gasteiger partial charge in [0.05, 0.1) is 19.5 Å². The number of aliphatic imine (C=N–C) groups is 1. The fraction of sp³-hybridized carbons (Fsp3) is 0.600. The first-order valence-corrected chi connectivity index (χ1v) is 11.9. The predicted octanol–water partition coefficient (Wildman–Crippen LogP) is 3.88. The van der Waals surface area contributed by atoms with Crippen molar-refractivity contribution < 1.29 is 4.74 Å². The Labute approximate surface area is 215 Å². The fourth-order valence-electron chi connectivity index (χ4n) is 5.00. The van der Waals surface area contributed by atoms with E-state index in [1.54, 1.807) is 7.11 Å². The predicted molar refractivity (Wildman–Crippen MR) is 144 cm³/mol. The van der Waals surface area contributed by atoms with Gasteiger partial charge in [0, 0.05) is 45.6 Å². The Morgan fingerprint density at radius 3 is 2.55 bits per heavy atom. The van der Waals surface area contributed by atoms with E-state index >= 15 is 0 Å². The number of hydrogen-bond acceptors (Lipinski definition) is 4. The van der Waals surface area contributed by atoms with Gasteiger partial charge in [-0.25, -0.2) is 4.98 Å². The summed E-state index contributed by atoms with van der Waals surface area (Å²) in [5.74, 6) is 3.31. The Hall–Kier alpha value is -1.81. The lowest BCUT2D eigenvalue weighted by Crippen LogP contribution is -2.50. The standard InChI is InChI=1S/C25H38N6O.HI/c1-20-8-14-30(18-24(20)31-15-11-27-19-31)25(26-2)28-16-21-9-12-29(13-10-21)17-22-4-6-23(32-3)7-5-22;/h4-7,11,15,19-21,24H,8-10,12-14,16-18H2,1-3H3,(H,26,28);1H. The zero-order valence-electron chi connectivity index (χ0n) is 20.2. The molecule has 0 radical (unpaired) electrons. The van der Waals surface area contributed by atoms with Crippen molar-refractivity contribution in [3.8, 4) is 5.75 Å². The quantitative estimate of drug-likeness (QED) is 0.327. The van der Waals surface area contributed by atoms with E-state index in [0.717, 1.165) is 51.0 Å². The van der Waals surface area contributed by atoms with Gasteiger partial charge in [-0.05, 0) is 61.9 Å². The van der Waals surface area contributed by atoms with Crippen molar-refractivity contribution in [2.45, 2.75) is 38.8 Å². The fourth-order valence-corrected chi connectivity index (χ4v) is 5.00. The number of nitrogens with zero attached hydrogens (tertiary/aromatic N) is 5. The van der Waals surface area contributed by atoms with Crippen molar-refractivity contribution in [2.75, 3.05) is 46.9 Å². The molecular weight excluding hydrogens is 527 g/mol. The number of benzene rings is 1. The summed E-state index contributed by atoms with van der Waals surface area (Å²) in [7, 11) is 3.62. The zero-order valence-corrected chi connectivity index (χ0v) is 22.5. The molecule has 0 spiro atoms. The summed E-state index contributed by atoms with van der Waals surface area (Å²) < 4.78 is 7.52. The van der Waals surface area contributed by atoms with Gasteiger partial charge >= 0.3 is 0 Å². The number of guanidine groups is 1. The molecule has 1 N–H and O–H groups in total. The summed E-state index contributed by atoms with van der Waals surface area (Å²) in [6, 6.07) is 8.90. The maximum atomic E-state index is 5.26. The Balaban J connectivity index is 0.00000306. The van der Waals surface area contributed by atoms with Crippen LogP contribution in [0.15, 0.2) is 48.0 Å². The van der Waals surface area contributed by atoms with Crippen LogP contribution in [0.2, 0.25) is 0 Å². The third-order valence-electron chi connectivity index (χ3n) is 7.16. The van der Waals surface area contributed by atoms with Gasteiger partial charge in [0.25, 0.3) is 0 Å². The normalized spacial score (nSPS) is 22.6. The lowest BCUT2D eigenvalue weighted by atomic mass is 9.93. The van der Waals surface area contributed by atoms with Crippen LogP contribution >= 0.6 is 24.0 Å². The van der Waals surface area contributed by atoms with Gasteiger partial charge in [-0.3, -0.25) is 9.89 Å². The molecule has 1 aromatic carbocycles. The molecule has 2 unspecified atom stereocenters. The van der Waals surface area contributed by atoms with Crippen LogP contribution in [0.1, 0.15) is 37.8 Å². The highest BCUT2D eigenvalue weighted by Crippen LogP contribution is 2.27. The summed E-state index contributed by atoms with van der Waals surface area (Å²) >= 11 is 0. The van der Waals surface area contributed by atoms with Crippen LogP contribution in [0.25, 0.3) is 0 Å². The minimum absolute atomic E-state index is 0. The summed E-state index contributed by atoms with van der Waals surface area (Å²) in [5.41, 5.74) is 1.36. The largest absolute Gasteiger partial charge is 0.497 e. The molecule has 8 heteroatoms. The minimum atomic E-state index is 0. The van der Waals surface area contributed by atoms with E-state index in [2.05, 4.69) is 67.0 Å². The number of hydrogen-bond donors (Lipinski definition) is 1. The molecular formula is C25H39IN6O. The summed E-state index contributed by atoms with van der Waals surface area (Å²) in [6.45, 7) is 8.72. The van der Waals surface area contributed by atoms with E-state index in [9.17, 15) is 0 Å². The third-order valence-corrected chi connectivity index (χ3v) is 7.16. The summed E-state index contributed by atoms with van der Waals surface area (Å²) in [5, 5.41) is 3.69. The van der Waals surface area contributed by atoms with Gasteiger partial charge in [0.15, 0.2) is 5.96 Å². The summed E-state index contributed by atoms with van der Waals surface area (Å²) in [4.78, 5) is 13.8. The Bertz CT molecular complexity index is 848. The maximum absolute atomic E-state index is 5.26. The highest BCUT2D eigenvalue weighted by Gasteiger charge is 2.29. The van der Waals surface area contributed by atoms with Crippen molar-refractivity contribution in [1.82, 2.24) is 24.7 Å². The number of ether oxygens (including phenoxy) is 1. The Morgan fingerprint density at radius 2 is 1.91 bits per heavy atom. The maximum Gasteiger partial charge on any atom is 0.193 e. The molecule has 2 fully saturated rings. The molecule has 2 aliphatic rings. The summed E-state index contributed by atoms with van der Waals surface area (Å²) in [6.07, 6.45) is 9.54. The number of piperidine rings is 2. The molecule has 0 bridgehead atoms. The number of halogens is 1. The van der Waals surface area contributed by atoms with Gasteiger partial charge in [-0.1, -0.05) is 19.1 Å². The monoisotopic (exact) mass is 566 g/mol. The smallest absolute Gasteiger partial charge is 0.193 e. The van der Waals surface area contributed by atoms with Crippen molar-refractivity contribution >= 4 is 29.9 Å². The van der Waals surface area contributed by atoms with Crippen LogP contribution in [0.4, 0.5) is 0 Å². The van der Waals surface area contributed by atoms with Crippen molar-refractivity contribution in [1.29, 1.82) is 0 Å². The number of imidazole rings is 1. The van der Waals surface area contributed by atoms with Crippen molar-refractivity contribution in [3.05, 3.63) is 48.5 Å². The van der Waals surface area contributed by atoms with E-state index in [1.165, 1.54) is 24.8 Å². The Kier molecular flexibility index (Phi) is 9.85. The van der Waals surface area contributed by atoms with Gasteiger partial charge in [0.1, 0.15) is 5.75 Å². The first kappa shape index (κ1) is 25.8. The van der Waals surface area contributed by atoms with E-state index < -0.39 is 0 Å². The number of nitrogens with one attached hydrogen (secondary N) is 1. The average Bonchev–Trinajstić information content (AvgIpc) is 3.37. The first-order valence-electron chi connectivity index (χ1n) is 11.9. The second kappa shape index (κ2) is 12.6. The first-order chi connectivity index (χ1) is 15.7. The van der Waals surface area contributed by atoms with Crippen molar-refractivity contribution in [2.24, 2.45) is 16.8 Å². The molecule has 2 aromatic rings. The molecule has 33 heavy (non-hydrogen) atoms. The molecule has 0 saturated carbocycles. The zero-order chi connectivity index (χ0) is 22.3. The van der Waals surface area contributed by atoms with Crippen LogP contribution in [-0.4, -0.2) is 72.2 Å². The van der Waals surface area contributed by atoms with Crippen LogP contribution < -0.4 is 10.1 Å². The molecule has 182 valence electrons. The molecule has 1 aromatic heterocycles. The molecule has 2 aliphatic heterocycles. The lowest BCUT2D eigenvalue weighted by molar-refractivity contribution is 0.173. The van der Waals surface area contributed by atoms with Crippen LogP contribution in [0.5, 0.6) is 5.75 Å². The molecule has 0 aliphatic carbocycles. The van der Waals surface area contributed by atoms with E-state index in [0.29, 0.717) is 17.9 Å².